The van der Waals surface area contributed by atoms with E-state index < -0.39 is 11.7 Å². The van der Waals surface area contributed by atoms with Gasteiger partial charge in [0.1, 0.15) is 5.60 Å². The predicted octanol–water partition coefficient (Wildman–Crippen LogP) is 2.85. The van der Waals surface area contributed by atoms with Gasteiger partial charge in [-0.1, -0.05) is 12.1 Å². The summed E-state index contributed by atoms with van der Waals surface area (Å²) in [6.45, 7) is 5.97. The van der Waals surface area contributed by atoms with Crippen LogP contribution in [0, 0.1) is 11.3 Å². The molecule has 1 amide bonds. The summed E-state index contributed by atoms with van der Waals surface area (Å²) in [6.07, 6.45) is 0.128. The smallest absolute Gasteiger partial charge is 0.410 e. The van der Waals surface area contributed by atoms with E-state index in [1.54, 1.807) is 32.9 Å². The minimum absolute atomic E-state index is 0.00168. The number of Topliss-reactive ketones (excluding diaryl/α,β-unsaturated/α-hetero) is 1. The van der Waals surface area contributed by atoms with Crippen LogP contribution in [0.25, 0.3) is 0 Å². The number of carbonyl (C=O) groups excluding carboxylic acids is 2. The second-order valence-electron chi connectivity index (χ2n) is 6.44. The van der Waals surface area contributed by atoms with E-state index in [0.717, 1.165) is 5.56 Å². The van der Waals surface area contributed by atoms with E-state index in [1.807, 2.05) is 12.1 Å². The van der Waals surface area contributed by atoms with E-state index in [-0.39, 0.29) is 18.2 Å². The molecule has 1 aliphatic rings. The first-order chi connectivity index (χ1) is 10.3. The van der Waals surface area contributed by atoms with Crippen LogP contribution in [-0.2, 0) is 9.53 Å². The number of amides is 1. The summed E-state index contributed by atoms with van der Waals surface area (Å²) in [5.41, 5.74) is 0.902. The molecule has 0 spiro atoms. The van der Waals surface area contributed by atoms with Gasteiger partial charge in [-0.3, -0.25) is 4.79 Å². The quantitative estimate of drug-likeness (QED) is 0.799. The highest BCUT2D eigenvalue weighted by molar-refractivity contribution is 5.90. The summed E-state index contributed by atoms with van der Waals surface area (Å²) in [4.78, 5) is 25.8. The number of nitriles is 1. The molecular weight excluding hydrogens is 280 g/mol. The first-order valence-corrected chi connectivity index (χ1v) is 7.31. The van der Waals surface area contributed by atoms with Crippen molar-refractivity contribution in [2.75, 3.05) is 13.1 Å². The molecule has 1 aliphatic heterocycles. The lowest BCUT2D eigenvalue weighted by atomic mass is 9.88. The lowest BCUT2D eigenvalue weighted by Gasteiger charge is -2.32. The van der Waals surface area contributed by atoms with E-state index in [1.165, 1.54) is 4.90 Å². The van der Waals surface area contributed by atoms with Crippen molar-refractivity contribution in [3.8, 4) is 6.07 Å². The van der Waals surface area contributed by atoms with E-state index in [4.69, 9.17) is 10.00 Å². The summed E-state index contributed by atoms with van der Waals surface area (Å²) in [7, 11) is 0. The van der Waals surface area contributed by atoms with Gasteiger partial charge in [-0.2, -0.15) is 5.26 Å². The zero-order valence-electron chi connectivity index (χ0n) is 13.1. The molecule has 0 aromatic heterocycles. The first-order valence-electron chi connectivity index (χ1n) is 7.31. The summed E-state index contributed by atoms with van der Waals surface area (Å²) >= 11 is 0. The molecule has 1 saturated heterocycles. The molecule has 5 nitrogen and oxygen atoms in total. The van der Waals surface area contributed by atoms with E-state index >= 15 is 0 Å². The number of ether oxygens (including phenoxy) is 1. The van der Waals surface area contributed by atoms with Gasteiger partial charge in [-0.25, -0.2) is 4.79 Å². The van der Waals surface area contributed by atoms with Crippen LogP contribution in [-0.4, -0.2) is 35.5 Å². The Morgan fingerprint density at radius 1 is 1.32 bits per heavy atom. The Morgan fingerprint density at radius 2 is 1.95 bits per heavy atom. The third-order valence-corrected chi connectivity index (χ3v) is 3.52. The Hall–Kier alpha value is -2.35. The van der Waals surface area contributed by atoms with Gasteiger partial charge in [-0.05, 0) is 44.9 Å². The van der Waals surface area contributed by atoms with Gasteiger partial charge in [0.15, 0.2) is 5.78 Å². The molecule has 0 saturated carbocycles. The Morgan fingerprint density at radius 3 is 2.45 bits per heavy atom. The van der Waals surface area contributed by atoms with Crippen molar-refractivity contribution in [1.29, 1.82) is 5.26 Å². The molecule has 0 aliphatic carbocycles. The Balaban J connectivity index is 2.02. The highest BCUT2D eigenvalue weighted by Crippen LogP contribution is 2.26. The fraction of sp³-hybridized carbons (Fsp3) is 0.471. The van der Waals surface area contributed by atoms with Crippen LogP contribution in [0.2, 0.25) is 0 Å². The fourth-order valence-electron chi connectivity index (χ4n) is 2.45. The third kappa shape index (κ3) is 3.85. The van der Waals surface area contributed by atoms with Crippen molar-refractivity contribution in [3.63, 3.8) is 0 Å². The number of rotatable bonds is 1. The van der Waals surface area contributed by atoms with Crippen LogP contribution >= 0.6 is 0 Å². The molecule has 0 N–H and O–H groups in total. The van der Waals surface area contributed by atoms with Gasteiger partial charge in [0.2, 0.25) is 0 Å². The van der Waals surface area contributed by atoms with E-state index in [2.05, 4.69) is 6.07 Å². The Labute approximate surface area is 130 Å². The number of nitrogens with zero attached hydrogens (tertiary/aromatic N) is 2. The molecular formula is C17H20N2O3. The maximum atomic E-state index is 12.3. The van der Waals surface area contributed by atoms with Crippen LogP contribution in [0.4, 0.5) is 4.79 Å². The van der Waals surface area contributed by atoms with Gasteiger partial charge >= 0.3 is 6.09 Å². The van der Waals surface area contributed by atoms with Crippen LogP contribution in [0.1, 0.15) is 44.2 Å². The standard InChI is InChI=1S/C17H20N2O3/c1-17(2,3)22-16(21)19-9-8-14(15(20)11-19)13-6-4-12(10-18)5-7-13/h4-7,14H,8-9,11H2,1-3H3. The van der Waals surface area contributed by atoms with Gasteiger partial charge in [0.25, 0.3) is 0 Å². The summed E-state index contributed by atoms with van der Waals surface area (Å²) in [5, 5.41) is 8.80. The van der Waals surface area contributed by atoms with Crippen molar-refractivity contribution in [2.45, 2.75) is 38.7 Å². The molecule has 22 heavy (non-hydrogen) atoms. The average Bonchev–Trinajstić information content (AvgIpc) is 2.45. The lowest BCUT2D eigenvalue weighted by molar-refractivity contribution is -0.123. The number of benzene rings is 1. The van der Waals surface area contributed by atoms with Crippen molar-refractivity contribution in [1.82, 2.24) is 4.90 Å². The lowest BCUT2D eigenvalue weighted by Crippen LogP contribution is -2.45. The molecule has 1 aromatic rings. The molecule has 0 radical (unpaired) electrons. The van der Waals surface area contributed by atoms with Gasteiger partial charge in [0.05, 0.1) is 18.2 Å². The van der Waals surface area contributed by atoms with Crippen LogP contribution < -0.4 is 0 Å². The highest BCUT2D eigenvalue weighted by atomic mass is 16.6. The van der Waals surface area contributed by atoms with Crippen molar-refractivity contribution in [3.05, 3.63) is 35.4 Å². The SMILES string of the molecule is CC(C)(C)OC(=O)N1CCC(c2ccc(C#N)cc2)C(=O)C1. The second kappa shape index (κ2) is 6.18. The molecule has 1 atom stereocenters. The van der Waals surface area contributed by atoms with Crippen LogP contribution in [0.5, 0.6) is 0 Å². The Bertz CT molecular complexity index is 608. The normalized spacial score (nSPS) is 18.7. The number of piperidine rings is 1. The van der Waals surface area contributed by atoms with Crippen molar-refractivity contribution < 1.29 is 14.3 Å². The maximum Gasteiger partial charge on any atom is 0.410 e. The minimum Gasteiger partial charge on any atom is -0.444 e. The Kier molecular flexibility index (Phi) is 4.51. The molecule has 0 bridgehead atoms. The molecule has 116 valence electrons. The third-order valence-electron chi connectivity index (χ3n) is 3.52. The van der Waals surface area contributed by atoms with Crippen LogP contribution in [0.15, 0.2) is 24.3 Å². The van der Waals surface area contributed by atoms with Gasteiger partial charge in [-0.15, -0.1) is 0 Å². The number of ketones is 1. The maximum absolute atomic E-state index is 12.3. The highest BCUT2D eigenvalue weighted by Gasteiger charge is 2.32. The summed E-state index contributed by atoms with van der Waals surface area (Å²) < 4.78 is 5.30. The summed E-state index contributed by atoms with van der Waals surface area (Å²) in [6, 6.07) is 9.10. The molecule has 5 heteroatoms. The molecule has 1 unspecified atom stereocenters. The number of carbonyl (C=O) groups is 2. The summed E-state index contributed by atoms with van der Waals surface area (Å²) in [5.74, 6) is -0.215. The van der Waals surface area contributed by atoms with E-state index in [0.29, 0.717) is 18.5 Å². The largest absolute Gasteiger partial charge is 0.444 e. The second-order valence-corrected chi connectivity index (χ2v) is 6.44. The topological polar surface area (TPSA) is 70.4 Å². The number of hydrogen-bond acceptors (Lipinski definition) is 4. The molecule has 1 aromatic carbocycles. The first kappa shape index (κ1) is 16.0. The molecule has 1 fully saturated rings. The van der Waals surface area contributed by atoms with Crippen molar-refractivity contribution >= 4 is 11.9 Å². The number of hydrogen-bond donors (Lipinski definition) is 0. The predicted molar refractivity (Wildman–Crippen MR) is 81.3 cm³/mol. The fourth-order valence-corrected chi connectivity index (χ4v) is 2.45. The average molecular weight is 300 g/mol. The van der Waals surface area contributed by atoms with Crippen LogP contribution in [0.3, 0.4) is 0 Å². The van der Waals surface area contributed by atoms with Crippen molar-refractivity contribution in [2.24, 2.45) is 0 Å². The molecule has 2 rings (SSSR count). The zero-order valence-corrected chi connectivity index (χ0v) is 13.1. The van der Waals surface area contributed by atoms with Gasteiger partial charge in [0, 0.05) is 12.5 Å². The van der Waals surface area contributed by atoms with Gasteiger partial charge < -0.3 is 9.64 Å². The molecule has 1 heterocycles. The van der Waals surface area contributed by atoms with E-state index in [9.17, 15) is 9.59 Å². The zero-order chi connectivity index (χ0) is 16.3. The number of likely N-dealkylation sites (tertiary alicyclic amines) is 1. The minimum atomic E-state index is -0.565. The monoisotopic (exact) mass is 300 g/mol.